The Balaban J connectivity index is 1.40. The molecule has 8 nitrogen and oxygen atoms in total. The van der Waals surface area contributed by atoms with Crippen LogP contribution in [0, 0.1) is 21.8 Å². The largest absolute Gasteiger partial charge is 0.365 e. The lowest BCUT2D eigenvalue weighted by Gasteiger charge is -2.49. The number of nitrogens with zero attached hydrogens (tertiary/aromatic N) is 4. The van der Waals surface area contributed by atoms with Crippen LogP contribution in [0.15, 0.2) is 66.9 Å². The SMILES string of the molecule is O=C(NCCc1ccccn1)[C@@H]1Cc2cc([N+](=O)[O-])ccc2N2CCN(c3ccccc3F)C[C@H]12. The average molecular weight is 476 g/mol. The molecule has 0 radical (unpaired) electrons. The molecule has 9 heteroatoms. The first-order valence-corrected chi connectivity index (χ1v) is 11.7. The van der Waals surface area contributed by atoms with Crippen molar-refractivity contribution in [3.8, 4) is 0 Å². The number of anilines is 2. The third-order valence-corrected chi connectivity index (χ3v) is 6.84. The van der Waals surface area contributed by atoms with Crippen molar-refractivity contribution in [1.82, 2.24) is 10.3 Å². The van der Waals surface area contributed by atoms with Crippen LogP contribution in [0.25, 0.3) is 0 Å². The smallest absolute Gasteiger partial charge is 0.269 e. The van der Waals surface area contributed by atoms with E-state index in [-0.39, 0.29) is 23.5 Å². The predicted molar refractivity (Wildman–Crippen MR) is 131 cm³/mol. The number of para-hydroxylation sites is 1. The molecule has 3 heterocycles. The van der Waals surface area contributed by atoms with Gasteiger partial charge in [-0.05, 0) is 42.3 Å². The van der Waals surface area contributed by atoms with Crippen molar-refractivity contribution in [3.05, 3.63) is 94.0 Å². The molecular weight excluding hydrogens is 449 g/mol. The van der Waals surface area contributed by atoms with E-state index in [4.69, 9.17) is 0 Å². The van der Waals surface area contributed by atoms with Gasteiger partial charge in [0.15, 0.2) is 0 Å². The maximum absolute atomic E-state index is 14.5. The second-order valence-electron chi connectivity index (χ2n) is 8.90. The molecule has 0 spiro atoms. The predicted octanol–water partition coefficient (Wildman–Crippen LogP) is 3.36. The van der Waals surface area contributed by atoms with Gasteiger partial charge in [-0.3, -0.25) is 19.9 Å². The van der Waals surface area contributed by atoms with Crippen LogP contribution in [0.1, 0.15) is 11.3 Å². The number of nitrogens with one attached hydrogen (secondary N) is 1. The van der Waals surface area contributed by atoms with E-state index in [9.17, 15) is 19.3 Å². The molecule has 2 aliphatic heterocycles. The molecule has 1 saturated heterocycles. The van der Waals surface area contributed by atoms with Crippen LogP contribution in [0.2, 0.25) is 0 Å². The zero-order chi connectivity index (χ0) is 24.4. The molecule has 1 N–H and O–H groups in total. The Morgan fingerprint density at radius 1 is 1.11 bits per heavy atom. The quantitative estimate of drug-likeness (QED) is 0.434. The van der Waals surface area contributed by atoms with Gasteiger partial charge in [0.25, 0.3) is 5.69 Å². The number of nitro groups is 1. The number of nitro benzene ring substituents is 1. The molecule has 1 aromatic heterocycles. The summed E-state index contributed by atoms with van der Waals surface area (Å²) in [5, 5.41) is 14.4. The molecule has 1 fully saturated rings. The number of hydrogen-bond donors (Lipinski definition) is 1. The summed E-state index contributed by atoms with van der Waals surface area (Å²) < 4.78 is 14.5. The highest BCUT2D eigenvalue weighted by Gasteiger charge is 2.42. The number of halogens is 1. The van der Waals surface area contributed by atoms with Crippen LogP contribution < -0.4 is 15.1 Å². The summed E-state index contributed by atoms with van der Waals surface area (Å²) in [4.78, 5) is 32.8. The number of pyridine rings is 1. The van der Waals surface area contributed by atoms with Gasteiger partial charge < -0.3 is 15.1 Å². The van der Waals surface area contributed by atoms with Crippen molar-refractivity contribution in [2.45, 2.75) is 18.9 Å². The average Bonchev–Trinajstić information content (AvgIpc) is 2.88. The van der Waals surface area contributed by atoms with Crippen molar-refractivity contribution in [2.75, 3.05) is 36.0 Å². The fourth-order valence-corrected chi connectivity index (χ4v) is 5.14. The van der Waals surface area contributed by atoms with Gasteiger partial charge in [-0.1, -0.05) is 18.2 Å². The molecule has 0 saturated carbocycles. The van der Waals surface area contributed by atoms with Gasteiger partial charge in [-0.25, -0.2) is 4.39 Å². The zero-order valence-corrected chi connectivity index (χ0v) is 19.1. The van der Waals surface area contributed by atoms with Crippen LogP contribution in [0.3, 0.4) is 0 Å². The summed E-state index contributed by atoms with van der Waals surface area (Å²) >= 11 is 0. The Kier molecular flexibility index (Phi) is 6.31. The second-order valence-corrected chi connectivity index (χ2v) is 8.90. The van der Waals surface area contributed by atoms with Gasteiger partial charge >= 0.3 is 0 Å². The Morgan fingerprint density at radius 2 is 1.94 bits per heavy atom. The van der Waals surface area contributed by atoms with Gasteiger partial charge in [0.2, 0.25) is 5.91 Å². The third-order valence-electron chi connectivity index (χ3n) is 6.84. The van der Waals surface area contributed by atoms with Gasteiger partial charge in [0, 0.05) is 62.3 Å². The summed E-state index contributed by atoms with van der Waals surface area (Å²) in [5.41, 5.74) is 3.13. The number of non-ortho nitro benzene ring substituents is 1. The molecule has 0 unspecified atom stereocenters. The molecule has 3 aromatic rings. The monoisotopic (exact) mass is 475 g/mol. The third kappa shape index (κ3) is 4.66. The molecule has 35 heavy (non-hydrogen) atoms. The highest BCUT2D eigenvalue weighted by atomic mass is 19.1. The second kappa shape index (κ2) is 9.69. The lowest BCUT2D eigenvalue weighted by atomic mass is 9.83. The number of hydrogen-bond acceptors (Lipinski definition) is 6. The van der Waals surface area contributed by atoms with E-state index in [0.717, 1.165) is 16.9 Å². The molecule has 0 bridgehead atoms. The van der Waals surface area contributed by atoms with E-state index >= 15 is 0 Å². The number of carbonyl (C=O) groups is 1. The lowest BCUT2D eigenvalue weighted by Crippen LogP contribution is -2.61. The highest BCUT2D eigenvalue weighted by Crippen LogP contribution is 2.38. The Bertz CT molecular complexity index is 1240. The number of carbonyl (C=O) groups excluding carboxylic acids is 1. The Labute approximate surface area is 202 Å². The molecule has 1 amide bonds. The van der Waals surface area contributed by atoms with E-state index in [0.29, 0.717) is 44.7 Å². The normalized spacial score (nSPS) is 19.0. The van der Waals surface area contributed by atoms with Crippen LogP contribution in [-0.2, 0) is 17.6 Å². The lowest BCUT2D eigenvalue weighted by molar-refractivity contribution is -0.384. The summed E-state index contributed by atoms with van der Waals surface area (Å²) in [5.74, 6) is -0.824. The number of rotatable bonds is 6. The number of piperazine rings is 1. The van der Waals surface area contributed by atoms with E-state index in [1.165, 1.54) is 12.1 Å². The minimum atomic E-state index is -0.428. The minimum Gasteiger partial charge on any atom is -0.365 e. The van der Waals surface area contributed by atoms with Gasteiger partial charge in [0.05, 0.1) is 22.6 Å². The summed E-state index contributed by atoms with van der Waals surface area (Å²) in [6.07, 6.45) is 2.72. The van der Waals surface area contributed by atoms with E-state index < -0.39 is 10.8 Å². The number of fused-ring (bicyclic) bond motifs is 3. The van der Waals surface area contributed by atoms with Crippen molar-refractivity contribution in [2.24, 2.45) is 5.92 Å². The molecule has 180 valence electrons. The molecular formula is C26H26FN5O3. The molecule has 2 atom stereocenters. The topological polar surface area (TPSA) is 91.6 Å². The van der Waals surface area contributed by atoms with Crippen LogP contribution in [0.4, 0.5) is 21.5 Å². The van der Waals surface area contributed by atoms with Gasteiger partial charge in [-0.2, -0.15) is 0 Å². The summed E-state index contributed by atoms with van der Waals surface area (Å²) in [6.45, 7) is 2.09. The zero-order valence-electron chi connectivity index (χ0n) is 19.1. The van der Waals surface area contributed by atoms with E-state index in [1.807, 2.05) is 29.2 Å². The van der Waals surface area contributed by atoms with Crippen molar-refractivity contribution < 1.29 is 14.1 Å². The minimum absolute atomic E-state index is 0.0153. The van der Waals surface area contributed by atoms with Gasteiger partial charge in [0.1, 0.15) is 5.82 Å². The van der Waals surface area contributed by atoms with Crippen molar-refractivity contribution in [1.29, 1.82) is 0 Å². The van der Waals surface area contributed by atoms with Gasteiger partial charge in [-0.15, -0.1) is 0 Å². The molecule has 2 aromatic carbocycles. The standard InChI is InChI=1S/C26H26FN5O3/c27-22-6-1-2-7-24(22)30-13-14-31-23-9-8-20(32(34)35)15-18(23)16-21(25(31)17-30)26(33)29-12-10-19-5-3-4-11-28-19/h1-9,11,15,21,25H,10,12-14,16-17H2,(H,29,33)/t21-,25-/m1/s1. The number of amides is 1. The van der Waals surface area contributed by atoms with E-state index in [1.54, 1.807) is 30.5 Å². The summed E-state index contributed by atoms with van der Waals surface area (Å²) in [7, 11) is 0. The van der Waals surface area contributed by atoms with Crippen LogP contribution in [0.5, 0.6) is 0 Å². The molecule has 5 rings (SSSR count). The first kappa shape index (κ1) is 22.8. The number of benzene rings is 2. The highest BCUT2D eigenvalue weighted by molar-refractivity contribution is 5.82. The summed E-state index contributed by atoms with van der Waals surface area (Å²) in [6, 6.07) is 17.0. The first-order valence-electron chi connectivity index (χ1n) is 11.7. The van der Waals surface area contributed by atoms with Crippen LogP contribution >= 0.6 is 0 Å². The van der Waals surface area contributed by atoms with Crippen LogP contribution in [-0.4, -0.2) is 48.0 Å². The Hall–Kier alpha value is -4.01. The van der Waals surface area contributed by atoms with Crippen molar-refractivity contribution >= 4 is 23.0 Å². The van der Waals surface area contributed by atoms with Crippen molar-refractivity contribution in [3.63, 3.8) is 0 Å². The number of aromatic nitrogens is 1. The maximum Gasteiger partial charge on any atom is 0.269 e. The molecule has 2 aliphatic rings. The fraction of sp³-hybridized carbons (Fsp3) is 0.308. The van der Waals surface area contributed by atoms with E-state index in [2.05, 4.69) is 15.2 Å². The Morgan fingerprint density at radius 3 is 2.71 bits per heavy atom. The molecule has 0 aliphatic carbocycles. The maximum atomic E-state index is 14.5. The fourth-order valence-electron chi connectivity index (χ4n) is 5.14. The first-order chi connectivity index (χ1) is 17.0.